The van der Waals surface area contributed by atoms with Crippen molar-refractivity contribution in [2.24, 2.45) is 7.05 Å². The molecule has 2 aromatic rings. The molecule has 2 aliphatic heterocycles. The van der Waals surface area contributed by atoms with Gasteiger partial charge < -0.3 is 15.0 Å². The fourth-order valence-electron chi connectivity index (χ4n) is 4.42. The predicted molar refractivity (Wildman–Crippen MR) is 100 cm³/mol. The number of thiazole rings is 1. The SMILES string of the molecule is Cc1nc(NC(=O)CN2[C@@H]3CC[C@@H]2CC(O)(c2nccn2C)C3)sc1C. The molecule has 1 amide bonds. The summed E-state index contributed by atoms with van der Waals surface area (Å²) in [6, 6.07) is 0.418. The minimum atomic E-state index is -0.902. The molecule has 4 heterocycles. The van der Waals surface area contributed by atoms with E-state index in [1.807, 2.05) is 31.7 Å². The van der Waals surface area contributed by atoms with Crippen molar-refractivity contribution in [1.82, 2.24) is 19.4 Å². The lowest BCUT2D eigenvalue weighted by Gasteiger charge is -2.43. The smallest absolute Gasteiger partial charge is 0.240 e. The number of carbonyl (C=O) groups excluding carboxylic acids is 1. The average molecular weight is 375 g/mol. The molecule has 4 rings (SSSR count). The molecular formula is C18H25N5O2S. The van der Waals surface area contributed by atoms with E-state index in [0.717, 1.165) is 29.2 Å². The van der Waals surface area contributed by atoms with Crippen LogP contribution in [0.2, 0.25) is 0 Å². The summed E-state index contributed by atoms with van der Waals surface area (Å²) in [4.78, 5) is 24.6. The molecule has 0 saturated carbocycles. The molecule has 2 saturated heterocycles. The minimum absolute atomic E-state index is 0.0296. The number of aryl methyl sites for hydroxylation is 3. The number of rotatable bonds is 4. The Hall–Kier alpha value is -1.77. The van der Waals surface area contributed by atoms with E-state index in [2.05, 4.69) is 20.2 Å². The van der Waals surface area contributed by atoms with E-state index < -0.39 is 5.60 Å². The van der Waals surface area contributed by atoms with Crippen LogP contribution in [-0.2, 0) is 17.4 Å². The summed E-state index contributed by atoms with van der Waals surface area (Å²) in [5, 5.41) is 14.8. The molecule has 2 bridgehead atoms. The standard InChI is InChI=1S/C18H25N5O2S/c1-11-12(2)26-17(20-11)21-15(24)10-23-13-4-5-14(23)9-18(25,8-13)16-19-6-7-22(16)3/h6-7,13-14,25H,4-5,8-10H2,1-3H3,(H,20,21,24)/t13-,14-/m1/s1. The molecule has 0 aromatic carbocycles. The fraction of sp³-hybridized carbons (Fsp3) is 0.611. The normalized spacial score (nSPS) is 28.5. The number of amides is 1. The molecule has 8 heteroatoms. The van der Waals surface area contributed by atoms with E-state index in [9.17, 15) is 9.90 Å². The number of aliphatic hydroxyl groups is 1. The number of hydrogen-bond donors (Lipinski definition) is 2. The first kappa shape index (κ1) is 17.6. The van der Waals surface area contributed by atoms with Gasteiger partial charge in [0.15, 0.2) is 5.13 Å². The molecule has 0 radical (unpaired) electrons. The third-order valence-corrected chi connectivity index (χ3v) is 6.74. The van der Waals surface area contributed by atoms with Gasteiger partial charge in [-0.15, -0.1) is 11.3 Å². The maximum Gasteiger partial charge on any atom is 0.240 e. The Labute approximate surface area is 157 Å². The number of carbonyl (C=O) groups is 1. The summed E-state index contributed by atoms with van der Waals surface area (Å²) in [5.41, 5.74) is 0.0594. The number of hydrogen-bond acceptors (Lipinski definition) is 6. The Morgan fingerprint density at radius 2 is 2.08 bits per heavy atom. The minimum Gasteiger partial charge on any atom is -0.382 e. The van der Waals surface area contributed by atoms with Gasteiger partial charge in [-0.2, -0.15) is 0 Å². The zero-order valence-electron chi connectivity index (χ0n) is 15.4. The molecule has 2 aromatic heterocycles. The van der Waals surface area contributed by atoms with Crippen molar-refractivity contribution >= 4 is 22.4 Å². The number of nitrogens with zero attached hydrogens (tertiary/aromatic N) is 4. The summed E-state index contributed by atoms with van der Waals surface area (Å²) < 4.78 is 1.90. The highest BCUT2D eigenvalue weighted by Gasteiger charge is 2.50. The maximum absolute atomic E-state index is 12.5. The molecule has 26 heavy (non-hydrogen) atoms. The monoisotopic (exact) mass is 375 g/mol. The average Bonchev–Trinajstić information content (AvgIpc) is 3.19. The van der Waals surface area contributed by atoms with E-state index in [0.29, 0.717) is 24.5 Å². The van der Waals surface area contributed by atoms with E-state index in [-0.39, 0.29) is 18.0 Å². The van der Waals surface area contributed by atoms with Gasteiger partial charge in [0.05, 0.1) is 12.2 Å². The number of imidazole rings is 1. The maximum atomic E-state index is 12.5. The summed E-state index contributed by atoms with van der Waals surface area (Å²) in [6.07, 6.45) is 6.87. The van der Waals surface area contributed by atoms with Crippen LogP contribution in [0.25, 0.3) is 0 Å². The fourth-order valence-corrected chi connectivity index (χ4v) is 5.25. The Bertz CT molecular complexity index is 796. The van der Waals surface area contributed by atoms with Gasteiger partial charge in [-0.3, -0.25) is 9.69 Å². The van der Waals surface area contributed by atoms with Crippen LogP contribution in [0.1, 0.15) is 42.1 Å². The van der Waals surface area contributed by atoms with Crippen molar-refractivity contribution in [3.63, 3.8) is 0 Å². The largest absolute Gasteiger partial charge is 0.382 e. The number of aromatic nitrogens is 3. The summed E-state index contributed by atoms with van der Waals surface area (Å²) in [6.45, 7) is 4.31. The van der Waals surface area contributed by atoms with Crippen LogP contribution >= 0.6 is 11.3 Å². The number of nitrogens with one attached hydrogen (secondary N) is 1. The second kappa shape index (κ2) is 6.44. The van der Waals surface area contributed by atoms with Gasteiger partial charge >= 0.3 is 0 Å². The summed E-state index contributed by atoms with van der Waals surface area (Å²) in [7, 11) is 1.92. The molecule has 2 atom stereocenters. The Balaban J connectivity index is 1.43. The first-order valence-corrected chi connectivity index (χ1v) is 9.87. The Morgan fingerprint density at radius 1 is 1.38 bits per heavy atom. The highest BCUT2D eigenvalue weighted by atomic mass is 32.1. The molecule has 2 fully saturated rings. The Kier molecular flexibility index (Phi) is 4.37. The zero-order chi connectivity index (χ0) is 18.5. The van der Waals surface area contributed by atoms with Crippen molar-refractivity contribution in [1.29, 1.82) is 0 Å². The van der Waals surface area contributed by atoms with Crippen LogP contribution in [-0.4, -0.2) is 49.1 Å². The van der Waals surface area contributed by atoms with E-state index in [1.165, 1.54) is 11.3 Å². The van der Waals surface area contributed by atoms with Gasteiger partial charge in [0.1, 0.15) is 11.4 Å². The lowest BCUT2D eigenvalue weighted by atomic mass is 9.85. The van der Waals surface area contributed by atoms with E-state index >= 15 is 0 Å². The van der Waals surface area contributed by atoms with Crippen molar-refractivity contribution in [3.8, 4) is 0 Å². The topological polar surface area (TPSA) is 83.3 Å². The van der Waals surface area contributed by atoms with Crippen molar-refractivity contribution in [2.45, 2.75) is 57.2 Å². The third kappa shape index (κ3) is 3.06. The van der Waals surface area contributed by atoms with E-state index in [4.69, 9.17) is 0 Å². The first-order chi connectivity index (χ1) is 12.4. The van der Waals surface area contributed by atoms with Crippen molar-refractivity contribution in [2.75, 3.05) is 11.9 Å². The van der Waals surface area contributed by atoms with Crippen LogP contribution in [0.15, 0.2) is 12.4 Å². The second-order valence-electron chi connectivity index (χ2n) is 7.57. The van der Waals surface area contributed by atoms with Gasteiger partial charge in [-0.1, -0.05) is 0 Å². The lowest BCUT2D eigenvalue weighted by molar-refractivity contribution is -0.121. The molecular weight excluding hydrogens is 350 g/mol. The zero-order valence-corrected chi connectivity index (χ0v) is 16.2. The molecule has 0 aliphatic carbocycles. The number of anilines is 1. The highest BCUT2D eigenvalue weighted by Crippen LogP contribution is 2.45. The second-order valence-corrected chi connectivity index (χ2v) is 8.77. The molecule has 2 aliphatic rings. The number of piperidine rings is 1. The summed E-state index contributed by atoms with van der Waals surface area (Å²) >= 11 is 1.51. The highest BCUT2D eigenvalue weighted by molar-refractivity contribution is 7.15. The number of fused-ring (bicyclic) bond motifs is 2. The first-order valence-electron chi connectivity index (χ1n) is 9.05. The van der Waals surface area contributed by atoms with Gasteiger partial charge in [0, 0.05) is 36.4 Å². The van der Waals surface area contributed by atoms with Crippen molar-refractivity contribution < 1.29 is 9.90 Å². The van der Waals surface area contributed by atoms with Gasteiger partial charge in [0.25, 0.3) is 0 Å². The van der Waals surface area contributed by atoms with Gasteiger partial charge in [-0.25, -0.2) is 9.97 Å². The molecule has 140 valence electrons. The molecule has 7 nitrogen and oxygen atoms in total. The van der Waals surface area contributed by atoms with Crippen molar-refractivity contribution in [3.05, 3.63) is 28.8 Å². The summed E-state index contributed by atoms with van der Waals surface area (Å²) in [5.74, 6) is 0.699. The van der Waals surface area contributed by atoms with E-state index in [1.54, 1.807) is 6.20 Å². The lowest BCUT2D eigenvalue weighted by Crippen LogP contribution is -2.52. The van der Waals surface area contributed by atoms with Gasteiger partial charge in [-0.05, 0) is 39.5 Å². The Morgan fingerprint density at radius 3 is 2.62 bits per heavy atom. The quantitative estimate of drug-likeness (QED) is 0.853. The van der Waals surface area contributed by atoms with Crippen LogP contribution < -0.4 is 5.32 Å². The third-order valence-electron chi connectivity index (χ3n) is 5.76. The van der Waals surface area contributed by atoms with Gasteiger partial charge in [0.2, 0.25) is 5.91 Å². The molecule has 0 unspecified atom stereocenters. The molecule has 2 N–H and O–H groups in total. The van der Waals surface area contributed by atoms with Crippen LogP contribution in [0.4, 0.5) is 5.13 Å². The van der Waals surface area contributed by atoms with Crippen LogP contribution in [0.5, 0.6) is 0 Å². The van der Waals surface area contributed by atoms with Crippen LogP contribution in [0.3, 0.4) is 0 Å². The van der Waals surface area contributed by atoms with Crippen LogP contribution in [0, 0.1) is 13.8 Å². The predicted octanol–water partition coefficient (Wildman–Crippen LogP) is 1.95. The molecule has 0 spiro atoms.